The van der Waals surface area contributed by atoms with E-state index in [4.69, 9.17) is 0 Å². The third-order valence-corrected chi connectivity index (χ3v) is 2.76. The van der Waals surface area contributed by atoms with Crippen molar-refractivity contribution in [1.29, 1.82) is 0 Å². The summed E-state index contributed by atoms with van der Waals surface area (Å²) in [6.07, 6.45) is 2.39. The highest BCUT2D eigenvalue weighted by Gasteiger charge is 1.93. The molecule has 2 aromatic carbocycles. The first-order chi connectivity index (χ1) is 9.38. The molecule has 0 radical (unpaired) electrons. The molecular weight excluding hydrogens is 234 g/mol. The van der Waals surface area contributed by atoms with E-state index in [2.05, 4.69) is 22.5 Å². The van der Waals surface area contributed by atoms with Crippen LogP contribution in [0.5, 0.6) is 0 Å². The molecule has 0 saturated carbocycles. The number of unbranched alkanes of at least 4 members (excludes halogenated alkanes) is 1. The number of azo groups is 1. The van der Waals surface area contributed by atoms with Crippen molar-refractivity contribution in [2.24, 2.45) is 10.2 Å². The average molecular weight is 253 g/mol. The van der Waals surface area contributed by atoms with Gasteiger partial charge in [0.05, 0.1) is 11.4 Å². The number of nitrogens with zero attached hydrogens (tertiary/aromatic N) is 2. The van der Waals surface area contributed by atoms with Crippen LogP contribution in [0.3, 0.4) is 0 Å². The second kappa shape index (κ2) is 7.31. The second-order valence-corrected chi connectivity index (χ2v) is 4.36. The molecule has 0 bridgehead atoms. The zero-order valence-corrected chi connectivity index (χ0v) is 11.2. The van der Waals surface area contributed by atoms with Gasteiger partial charge in [0.25, 0.3) is 0 Å². The molecule has 0 aliphatic carbocycles. The standard InChI is InChI=1S/C16H19N3/c1-2-3-13-17-14-9-11-16(12-10-14)19-18-15-7-5-4-6-8-15/h4-12,17H,2-3,13H2,1H3. The predicted molar refractivity (Wildman–Crippen MR) is 80.5 cm³/mol. The van der Waals surface area contributed by atoms with Gasteiger partial charge in [-0.05, 0) is 42.8 Å². The van der Waals surface area contributed by atoms with E-state index < -0.39 is 0 Å². The second-order valence-electron chi connectivity index (χ2n) is 4.36. The number of nitrogens with one attached hydrogen (secondary N) is 1. The van der Waals surface area contributed by atoms with E-state index in [1.165, 1.54) is 12.8 Å². The summed E-state index contributed by atoms with van der Waals surface area (Å²) in [5.41, 5.74) is 2.87. The lowest BCUT2D eigenvalue weighted by Gasteiger charge is -2.04. The first kappa shape index (κ1) is 13.3. The van der Waals surface area contributed by atoms with Crippen molar-refractivity contribution in [3.05, 3.63) is 54.6 Å². The smallest absolute Gasteiger partial charge is 0.0858 e. The quantitative estimate of drug-likeness (QED) is 0.549. The summed E-state index contributed by atoms with van der Waals surface area (Å²) in [7, 11) is 0. The summed E-state index contributed by atoms with van der Waals surface area (Å²) in [5, 5.41) is 11.8. The Balaban J connectivity index is 1.93. The molecule has 2 aromatic rings. The number of hydrogen-bond donors (Lipinski definition) is 1. The van der Waals surface area contributed by atoms with Gasteiger partial charge in [0.15, 0.2) is 0 Å². The van der Waals surface area contributed by atoms with Crippen LogP contribution in [0.1, 0.15) is 19.8 Å². The van der Waals surface area contributed by atoms with Crippen LogP contribution in [-0.4, -0.2) is 6.54 Å². The lowest BCUT2D eigenvalue weighted by molar-refractivity contribution is 0.834. The third-order valence-electron chi connectivity index (χ3n) is 2.76. The molecule has 0 saturated heterocycles. The number of anilines is 1. The van der Waals surface area contributed by atoms with Crippen molar-refractivity contribution < 1.29 is 0 Å². The SMILES string of the molecule is CCCCNc1ccc(N=Nc2ccccc2)cc1. The van der Waals surface area contributed by atoms with E-state index in [1.54, 1.807) is 0 Å². The van der Waals surface area contributed by atoms with Crippen molar-refractivity contribution in [1.82, 2.24) is 0 Å². The molecule has 0 aliphatic heterocycles. The molecule has 0 spiro atoms. The predicted octanol–water partition coefficient (Wildman–Crippen LogP) is 5.31. The first-order valence-corrected chi connectivity index (χ1v) is 6.69. The normalized spacial score (nSPS) is 10.8. The molecule has 0 unspecified atom stereocenters. The van der Waals surface area contributed by atoms with Gasteiger partial charge in [0.1, 0.15) is 0 Å². The molecule has 0 amide bonds. The van der Waals surface area contributed by atoms with Gasteiger partial charge in [-0.2, -0.15) is 10.2 Å². The van der Waals surface area contributed by atoms with Crippen molar-refractivity contribution in [2.45, 2.75) is 19.8 Å². The Morgan fingerprint density at radius 2 is 1.47 bits per heavy atom. The Morgan fingerprint density at radius 1 is 0.842 bits per heavy atom. The van der Waals surface area contributed by atoms with Gasteiger partial charge in [0.2, 0.25) is 0 Å². The van der Waals surface area contributed by atoms with E-state index in [1.807, 2.05) is 54.6 Å². The van der Waals surface area contributed by atoms with Gasteiger partial charge >= 0.3 is 0 Å². The Labute approximate surface area is 114 Å². The minimum atomic E-state index is 0.866. The number of hydrogen-bond acceptors (Lipinski definition) is 3. The molecule has 3 nitrogen and oxygen atoms in total. The molecule has 3 heteroatoms. The molecule has 0 heterocycles. The Kier molecular flexibility index (Phi) is 5.11. The maximum atomic E-state index is 4.21. The maximum Gasteiger partial charge on any atom is 0.0858 e. The highest BCUT2D eigenvalue weighted by atomic mass is 15.1. The maximum absolute atomic E-state index is 4.21. The van der Waals surface area contributed by atoms with Crippen LogP contribution in [0.2, 0.25) is 0 Å². The summed E-state index contributed by atoms with van der Waals surface area (Å²) in [4.78, 5) is 0. The number of benzene rings is 2. The molecule has 98 valence electrons. The van der Waals surface area contributed by atoms with Crippen LogP contribution in [0.25, 0.3) is 0 Å². The fourth-order valence-electron chi connectivity index (χ4n) is 1.67. The van der Waals surface area contributed by atoms with Crippen molar-refractivity contribution in [3.63, 3.8) is 0 Å². The molecule has 19 heavy (non-hydrogen) atoms. The van der Waals surface area contributed by atoms with Crippen LogP contribution in [0, 0.1) is 0 Å². The van der Waals surface area contributed by atoms with E-state index in [-0.39, 0.29) is 0 Å². The van der Waals surface area contributed by atoms with Crippen molar-refractivity contribution in [2.75, 3.05) is 11.9 Å². The molecule has 2 rings (SSSR count). The monoisotopic (exact) mass is 253 g/mol. The van der Waals surface area contributed by atoms with Crippen molar-refractivity contribution >= 4 is 17.1 Å². The van der Waals surface area contributed by atoms with Crippen LogP contribution in [0.15, 0.2) is 64.8 Å². The van der Waals surface area contributed by atoms with Crippen molar-refractivity contribution in [3.8, 4) is 0 Å². The molecule has 1 N–H and O–H groups in total. The average Bonchev–Trinajstić information content (AvgIpc) is 2.48. The largest absolute Gasteiger partial charge is 0.385 e. The summed E-state index contributed by atoms with van der Waals surface area (Å²) >= 11 is 0. The minimum absolute atomic E-state index is 0.866. The Morgan fingerprint density at radius 3 is 2.11 bits per heavy atom. The zero-order chi connectivity index (χ0) is 13.3. The van der Waals surface area contributed by atoms with Crippen LogP contribution in [-0.2, 0) is 0 Å². The Bertz CT molecular complexity index is 503. The third kappa shape index (κ3) is 4.54. The molecular formula is C16H19N3. The topological polar surface area (TPSA) is 36.8 Å². The highest BCUT2D eigenvalue weighted by molar-refractivity contribution is 5.51. The summed E-state index contributed by atoms with van der Waals surface area (Å²) < 4.78 is 0. The lowest BCUT2D eigenvalue weighted by Crippen LogP contribution is -1.99. The number of rotatable bonds is 6. The fraction of sp³-hybridized carbons (Fsp3) is 0.250. The lowest BCUT2D eigenvalue weighted by atomic mass is 10.2. The molecule has 0 aromatic heterocycles. The summed E-state index contributed by atoms with van der Waals surface area (Å²) in [6.45, 7) is 3.20. The fourth-order valence-corrected chi connectivity index (χ4v) is 1.67. The zero-order valence-electron chi connectivity index (χ0n) is 11.2. The van der Waals surface area contributed by atoms with Crippen LogP contribution >= 0.6 is 0 Å². The Hall–Kier alpha value is -2.16. The van der Waals surface area contributed by atoms with Gasteiger partial charge in [0, 0.05) is 12.2 Å². The van der Waals surface area contributed by atoms with Gasteiger partial charge in [-0.15, -0.1) is 0 Å². The van der Waals surface area contributed by atoms with E-state index >= 15 is 0 Å². The molecule has 0 atom stereocenters. The van der Waals surface area contributed by atoms with Crippen LogP contribution in [0.4, 0.5) is 17.1 Å². The van der Waals surface area contributed by atoms with Gasteiger partial charge in [-0.3, -0.25) is 0 Å². The minimum Gasteiger partial charge on any atom is -0.385 e. The molecule has 0 aliphatic rings. The van der Waals surface area contributed by atoms with Gasteiger partial charge in [-0.25, -0.2) is 0 Å². The van der Waals surface area contributed by atoms with E-state index in [0.29, 0.717) is 0 Å². The van der Waals surface area contributed by atoms with Gasteiger partial charge in [-0.1, -0.05) is 31.5 Å². The van der Waals surface area contributed by atoms with Crippen LogP contribution < -0.4 is 5.32 Å². The first-order valence-electron chi connectivity index (χ1n) is 6.69. The van der Waals surface area contributed by atoms with E-state index in [0.717, 1.165) is 23.6 Å². The molecule has 0 fully saturated rings. The summed E-state index contributed by atoms with van der Waals surface area (Å²) in [5.74, 6) is 0. The van der Waals surface area contributed by atoms with E-state index in [9.17, 15) is 0 Å². The highest BCUT2D eigenvalue weighted by Crippen LogP contribution is 2.19. The summed E-state index contributed by atoms with van der Waals surface area (Å²) in [6, 6.07) is 17.8. The van der Waals surface area contributed by atoms with Gasteiger partial charge < -0.3 is 5.32 Å².